The summed E-state index contributed by atoms with van der Waals surface area (Å²) in [6.45, 7) is 2.63. The van der Waals surface area contributed by atoms with Crippen LogP contribution in [0.1, 0.15) is 11.6 Å². The number of anilines is 1. The number of likely N-dealkylation sites (N-methyl/N-ethyl adjacent to an activating group) is 1. The first kappa shape index (κ1) is 13.4. The molecule has 2 heterocycles. The van der Waals surface area contributed by atoms with Crippen molar-refractivity contribution in [2.75, 3.05) is 18.9 Å². The van der Waals surface area contributed by atoms with Crippen LogP contribution in [0.15, 0.2) is 24.3 Å². The van der Waals surface area contributed by atoms with E-state index in [2.05, 4.69) is 20.5 Å². The molecule has 7 nitrogen and oxygen atoms in total. The average Bonchev–Trinajstić information content (AvgIpc) is 2.91. The highest BCUT2D eigenvalue weighted by Crippen LogP contribution is 2.28. The zero-order valence-electron chi connectivity index (χ0n) is 12.0. The summed E-state index contributed by atoms with van der Waals surface area (Å²) in [5, 5.41) is 10.0. The quantitative estimate of drug-likeness (QED) is 0.878. The summed E-state index contributed by atoms with van der Waals surface area (Å²) < 4.78 is 5.76. The van der Waals surface area contributed by atoms with Gasteiger partial charge in [-0.25, -0.2) is 4.98 Å². The molecule has 0 spiro atoms. The number of amides is 1. The molecular weight excluding hydrogens is 270 g/mol. The van der Waals surface area contributed by atoms with Crippen molar-refractivity contribution < 1.29 is 9.53 Å². The number of fused-ring (bicyclic) bond motifs is 1. The number of para-hydroxylation sites is 2. The van der Waals surface area contributed by atoms with Crippen LogP contribution in [0.5, 0.6) is 5.75 Å². The lowest BCUT2D eigenvalue weighted by molar-refractivity contribution is -0.137. The summed E-state index contributed by atoms with van der Waals surface area (Å²) in [5.74, 6) is 1.92. The Kier molecular flexibility index (Phi) is 3.47. The van der Waals surface area contributed by atoms with E-state index < -0.39 is 6.10 Å². The van der Waals surface area contributed by atoms with E-state index in [-0.39, 0.29) is 5.91 Å². The van der Waals surface area contributed by atoms with Gasteiger partial charge in [0.1, 0.15) is 11.6 Å². The number of aryl methyl sites for hydroxylation is 1. The minimum atomic E-state index is -0.537. The van der Waals surface area contributed by atoms with Crippen LogP contribution < -0.4 is 10.1 Å². The van der Waals surface area contributed by atoms with Gasteiger partial charge < -0.3 is 15.0 Å². The summed E-state index contributed by atoms with van der Waals surface area (Å²) >= 11 is 0. The third-order valence-corrected chi connectivity index (χ3v) is 3.31. The molecule has 0 saturated carbocycles. The Balaban J connectivity index is 1.66. The SMILES string of the molecule is Cc1nc(CN(C)C(=O)C2CNc3ccccc3O2)n[nH]1. The molecule has 0 saturated heterocycles. The Morgan fingerprint density at radius 2 is 2.29 bits per heavy atom. The van der Waals surface area contributed by atoms with E-state index >= 15 is 0 Å². The van der Waals surface area contributed by atoms with Crippen LogP contribution in [0.4, 0.5) is 5.69 Å². The molecule has 0 bridgehead atoms. The molecule has 21 heavy (non-hydrogen) atoms. The molecule has 1 aliphatic heterocycles. The molecule has 0 fully saturated rings. The maximum absolute atomic E-state index is 12.4. The number of hydrogen-bond donors (Lipinski definition) is 2. The largest absolute Gasteiger partial charge is 0.477 e. The molecular formula is C14H17N5O2. The van der Waals surface area contributed by atoms with Gasteiger partial charge in [-0.15, -0.1) is 0 Å². The third kappa shape index (κ3) is 2.81. The van der Waals surface area contributed by atoms with E-state index in [1.165, 1.54) is 0 Å². The fourth-order valence-electron chi connectivity index (χ4n) is 2.25. The van der Waals surface area contributed by atoms with E-state index in [0.717, 1.165) is 11.5 Å². The summed E-state index contributed by atoms with van der Waals surface area (Å²) in [4.78, 5) is 18.2. The second-order valence-corrected chi connectivity index (χ2v) is 5.01. The topological polar surface area (TPSA) is 83.1 Å². The number of aromatic amines is 1. The third-order valence-electron chi connectivity index (χ3n) is 3.31. The number of carbonyl (C=O) groups excluding carboxylic acids is 1. The fourth-order valence-corrected chi connectivity index (χ4v) is 2.25. The number of carbonyl (C=O) groups is 1. The van der Waals surface area contributed by atoms with Gasteiger partial charge in [0.25, 0.3) is 5.91 Å². The molecule has 2 N–H and O–H groups in total. The molecule has 0 radical (unpaired) electrons. The van der Waals surface area contributed by atoms with Crippen molar-refractivity contribution in [1.82, 2.24) is 20.1 Å². The minimum absolute atomic E-state index is 0.0977. The number of hydrogen-bond acceptors (Lipinski definition) is 5. The summed E-state index contributed by atoms with van der Waals surface area (Å²) in [5.41, 5.74) is 0.911. The van der Waals surface area contributed by atoms with E-state index in [0.29, 0.717) is 24.7 Å². The fraction of sp³-hybridized carbons (Fsp3) is 0.357. The normalized spacial score (nSPS) is 16.6. The average molecular weight is 287 g/mol. The predicted octanol–water partition coefficient (Wildman–Crippen LogP) is 0.945. The van der Waals surface area contributed by atoms with Gasteiger partial charge in [-0.2, -0.15) is 5.10 Å². The first-order valence-corrected chi connectivity index (χ1v) is 6.76. The van der Waals surface area contributed by atoms with Crippen molar-refractivity contribution in [2.24, 2.45) is 0 Å². The van der Waals surface area contributed by atoms with Gasteiger partial charge >= 0.3 is 0 Å². The molecule has 7 heteroatoms. The summed E-state index contributed by atoms with van der Waals surface area (Å²) in [6, 6.07) is 7.58. The van der Waals surface area contributed by atoms with Crippen LogP contribution in [0.3, 0.4) is 0 Å². The van der Waals surface area contributed by atoms with Crippen molar-refractivity contribution in [3.05, 3.63) is 35.9 Å². The van der Waals surface area contributed by atoms with Crippen LogP contribution >= 0.6 is 0 Å². The highest BCUT2D eigenvalue weighted by atomic mass is 16.5. The molecule has 1 unspecified atom stereocenters. The van der Waals surface area contributed by atoms with E-state index in [9.17, 15) is 4.79 Å². The van der Waals surface area contributed by atoms with Gasteiger partial charge in [-0.05, 0) is 19.1 Å². The van der Waals surface area contributed by atoms with Crippen LogP contribution in [0.25, 0.3) is 0 Å². The maximum Gasteiger partial charge on any atom is 0.265 e. The molecule has 2 aromatic rings. The molecule has 1 aromatic heterocycles. The van der Waals surface area contributed by atoms with E-state index in [1.54, 1.807) is 11.9 Å². The number of benzene rings is 1. The van der Waals surface area contributed by atoms with Gasteiger partial charge in [0.2, 0.25) is 0 Å². The second kappa shape index (κ2) is 5.43. The Labute approximate surface area is 122 Å². The lowest BCUT2D eigenvalue weighted by atomic mass is 10.2. The lowest BCUT2D eigenvalue weighted by Gasteiger charge is -2.29. The summed E-state index contributed by atoms with van der Waals surface area (Å²) in [6.07, 6.45) is -0.537. The summed E-state index contributed by atoms with van der Waals surface area (Å²) in [7, 11) is 1.72. The number of ether oxygens (including phenoxy) is 1. The Hall–Kier alpha value is -2.57. The number of nitrogens with zero attached hydrogens (tertiary/aromatic N) is 3. The first-order chi connectivity index (χ1) is 10.1. The first-order valence-electron chi connectivity index (χ1n) is 6.76. The maximum atomic E-state index is 12.4. The minimum Gasteiger partial charge on any atom is -0.477 e. The number of aromatic nitrogens is 3. The zero-order valence-corrected chi connectivity index (χ0v) is 12.0. The molecule has 110 valence electrons. The predicted molar refractivity (Wildman–Crippen MR) is 76.9 cm³/mol. The molecule has 1 amide bonds. The van der Waals surface area contributed by atoms with Crippen molar-refractivity contribution in [1.29, 1.82) is 0 Å². The second-order valence-electron chi connectivity index (χ2n) is 5.01. The highest BCUT2D eigenvalue weighted by Gasteiger charge is 2.28. The highest BCUT2D eigenvalue weighted by molar-refractivity contribution is 5.82. The van der Waals surface area contributed by atoms with Gasteiger partial charge in [-0.3, -0.25) is 9.89 Å². The van der Waals surface area contributed by atoms with Gasteiger partial charge in [0.05, 0.1) is 18.8 Å². The molecule has 1 atom stereocenters. The van der Waals surface area contributed by atoms with Crippen molar-refractivity contribution in [3.8, 4) is 5.75 Å². The molecule has 0 aliphatic carbocycles. The van der Waals surface area contributed by atoms with Crippen molar-refractivity contribution >= 4 is 11.6 Å². The van der Waals surface area contributed by atoms with E-state index in [4.69, 9.17) is 4.74 Å². The van der Waals surface area contributed by atoms with Gasteiger partial charge in [0, 0.05) is 7.05 Å². The van der Waals surface area contributed by atoms with Crippen LogP contribution in [0, 0.1) is 6.92 Å². The monoisotopic (exact) mass is 287 g/mol. The van der Waals surface area contributed by atoms with Crippen LogP contribution in [0.2, 0.25) is 0 Å². The smallest absolute Gasteiger partial charge is 0.265 e. The van der Waals surface area contributed by atoms with Gasteiger partial charge in [0.15, 0.2) is 11.9 Å². The van der Waals surface area contributed by atoms with Gasteiger partial charge in [-0.1, -0.05) is 12.1 Å². The van der Waals surface area contributed by atoms with Crippen LogP contribution in [-0.4, -0.2) is 45.7 Å². The Morgan fingerprint density at radius 1 is 1.48 bits per heavy atom. The molecule has 1 aliphatic rings. The number of rotatable bonds is 3. The number of nitrogens with one attached hydrogen (secondary N) is 2. The standard InChI is InChI=1S/C14H17N5O2/c1-9-16-13(18-17-9)8-19(2)14(20)12-7-15-10-5-3-4-6-11(10)21-12/h3-6,12,15H,7-8H2,1-2H3,(H,16,17,18). The molecule has 3 rings (SSSR count). The Bertz CT molecular complexity index is 654. The van der Waals surface area contributed by atoms with Crippen LogP contribution in [-0.2, 0) is 11.3 Å². The number of H-pyrrole nitrogens is 1. The van der Waals surface area contributed by atoms with E-state index in [1.807, 2.05) is 31.2 Å². The lowest BCUT2D eigenvalue weighted by Crippen LogP contribution is -2.45. The van der Waals surface area contributed by atoms with Crippen molar-refractivity contribution in [2.45, 2.75) is 19.6 Å². The molecule has 1 aromatic carbocycles. The zero-order chi connectivity index (χ0) is 14.8. The van der Waals surface area contributed by atoms with Crippen molar-refractivity contribution in [3.63, 3.8) is 0 Å². The Morgan fingerprint density at radius 3 is 3.05 bits per heavy atom.